The maximum Gasteiger partial charge on any atom is 0.124 e. The first-order chi connectivity index (χ1) is 6.25. The van der Waals surface area contributed by atoms with Crippen LogP contribution in [0, 0.1) is 11.8 Å². The molecule has 0 saturated heterocycles. The van der Waals surface area contributed by atoms with Gasteiger partial charge in [0.15, 0.2) is 0 Å². The third-order valence-corrected chi connectivity index (χ3v) is 2.52. The van der Waals surface area contributed by atoms with E-state index in [1.165, 1.54) is 12.2 Å². The van der Waals surface area contributed by atoms with Crippen LogP contribution in [0.25, 0.3) is 0 Å². The number of hydrogen-bond acceptors (Lipinski definition) is 2. The van der Waals surface area contributed by atoms with Crippen molar-refractivity contribution in [2.24, 2.45) is 11.8 Å². The zero-order valence-electron chi connectivity index (χ0n) is 8.33. The van der Waals surface area contributed by atoms with Gasteiger partial charge in [0.05, 0.1) is 6.20 Å². The highest BCUT2D eigenvalue weighted by molar-refractivity contribution is 5.35. The molecule has 1 unspecified atom stereocenters. The topological polar surface area (TPSA) is 29.9 Å². The van der Waals surface area contributed by atoms with Gasteiger partial charge in [-0.05, 0) is 18.3 Å². The van der Waals surface area contributed by atoms with Gasteiger partial charge >= 0.3 is 0 Å². The van der Waals surface area contributed by atoms with Gasteiger partial charge in [-0.3, -0.25) is 0 Å². The summed E-state index contributed by atoms with van der Waals surface area (Å²) in [6.07, 6.45) is 3.15. The largest absolute Gasteiger partial charge is 0.370 e. The van der Waals surface area contributed by atoms with E-state index in [1.807, 2.05) is 12.3 Å². The summed E-state index contributed by atoms with van der Waals surface area (Å²) in [4.78, 5) is 0. The molecule has 0 bridgehead atoms. The molecule has 72 valence electrons. The molecule has 1 aromatic rings. The molecule has 0 saturated carbocycles. The molecule has 1 aromatic heterocycles. The summed E-state index contributed by atoms with van der Waals surface area (Å²) < 4.78 is 2.07. The van der Waals surface area contributed by atoms with Crippen LogP contribution in [0.4, 0.5) is 5.82 Å². The lowest BCUT2D eigenvalue weighted by Gasteiger charge is -2.25. The van der Waals surface area contributed by atoms with Gasteiger partial charge in [-0.1, -0.05) is 13.8 Å². The molecule has 2 rings (SSSR count). The van der Waals surface area contributed by atoms with Crippen molar-refractivity contribution >= 4 is 5.82 Å². The van der Waals surface area contributed by atoms with Crippen molar-refractivity contribution < 1.29 is 0 Å². The van der Waals surface area contributed by atoms with Crippen molar-refractivity contribution in [2.75, 3.05) is 11.9 Å². The van der Waals surface area contributed by atoms with Crippen LogP contribution in [0.1, 0.15) is 20.3 Å². The molecule has 3 heteroatoms. The van der Waals surface area contributed by atoms with Crippen LogP contribution in [0.15, 0.2) is 12.3 Å². The third-order valence-electron chi connectivity index (χ3n) is 2.52. The van der Waals surface area contributed by atoms with E-state index in [9.17, 15) is 0 Å². The first-order valence-electron chi connectivity index (χ1n) is 5.01. The van der Waals surface area contributed by atoms with E-state index in [0.717, 1.165) is 24.9 Å². The fraction of sp³-hybridized carbons (Fsp3) is 0.700. The molecular weight excluding hydrogens is 162 g/mol. The Morgan fingerprint density at radius 2 is 2.54 bits per heavy atom. The summed E-state index contributed by atoms with van der Waals surface area (Å²) in [5.41, 5.74) is 0. The fourth-order valence-electron chi connectivity index (χ4n) is 2.01. The van der Waals surface area contributed by atoms with Crippen molar-refractivity contribution in [3.63, 3.8) is 0 Å². The van der Waals surface area contributed by atoms with Gasteiger partial charge in [-0.2, -0.15) is 5.10 Å². The van der Waals surface area contributed by atoms with Crippen molar-refractivity contribution in [1.82, 2.24) is 9.78 Å². The lowest BCUT2D eigenvalue weighted by atomic mass is 9.96. The van der Waals surface area contributed by atoms with Gasteiger partial charge in [-0.15, -0.1) is 0 Å². The van der Waals surface area contributed by atoms with Gasteiger partial charge in [0.25, 0.3) is 0 Å². The molecule has 0 spiro atoms. The quantitative estimate of drug-likeness (QED) is 0.752. The average Bonchev–Trinajstić information content (AvgIpc) is 2.49. The summed E-state index contributed by atoms with van der Waals surface area (Å²) in [5.74, 6) is 2.69. The molecular formula is C10H17N3. The van der Waals surface area contributed by atoms with Crippen molar-refractivity contribution in [3.8, 4) is 0 Å². The lowest BCUT2D eigenvalue weighted by Crippen LogP contribution is -2.28. The SMILES string of the molecule is CC(C)CC1CNc2ccnn2C1. The monoisotopic (exact) mass is 179 g/mol. The van der Waals surface area contributed by atoms with Crippen molar-refractivity contribution in [3.05, 3.63) is 12.3 Å². The van der Waals surface area contributed by atoms with E-state index in [1.54, 1.807) is 0 Å². The highest BCUT2D eigenvalue weighted by Crippen LogP contribution is 2.21. The third kappa shape index (κ3) is 1.85. The van der Waals surface area contributed by atoms with Crippen LogP contribution in [-0.2, 0) is 6.54 Å². The van der Waals surface area contributed by atoms with E-state index in [2.05, 4.69) is 28.9 Å². The van der Waals surface area contributed by atoms with E-state index in [4.69, 9.17) is 0 Å². The number of rotatable bonds is 2. The second kappa shape index (κ2) is 3.40. The number of fused-ring (bicyclic) bond motifs is 1. The molecule has 0 radical (unpaired) electrons. The smallest absolute Gasteiger partial charge is 0.124 e. The first kappa shape index (κ1) is 8.60. The molecule has 3 nitrogen and oxygen atoms in total. The first-order valence-corrected chi connectivity index (χ1v) is 5.01. The van der Waals surface area contributed by atoms with Crippen LogP contribution in [-0.4, -0.2) is 16.3 Å². The van der Waals surface area contributed by atoms with Gasteiger partial charge in [-0.25, -0.2) is 4.68 Å². The summed E-state index contributed by atoms with van der Waals surface area (Å²) in [5, 5.41) is 7.67. The molecule has 0 fully saturated rings. The standard InChI is InChI=1S/C10H17N3/c1-8(2)5-9-6-11-10-3-4-12-13(10)7-9/h3-4,8-9,11H,5-7H2,1-2H3. The molecule has 13 heavy (non-hydrogen) atoms. The molecule has 1 aliphatic rings. The summed E-state index contributed by atoms with van der Waals surface area (Å²) in [6, 6.07) is 2.03. The van der Waals surface area contributed by atoms with Crippen LogP contribution >= 0.6 is 0 Å². The Kier molecular flexibility index (Phi) is 2.25. The molecule has 0 aliphatic carbocycles. The van der Waals surface area contributed by atoms with E-state index < -0.39 is 0 Å². The zero-order valence-corrected chi connectivity index (χ0v) is 8.33. The summed E-state index contributed by atoms with van der Waals surface area (Å²) in [6.45, 7) is 6.73. The maximum atomic E-state index is 4.27. The van der Waals surface area contributed by atoms with Gasteiger partial charge in [0, 0.05) is 19.2 Å². The highest BCUT2D eigenvalue weighted by Gasteiger charge is 2.18. The minimum Gasteiger partial charge on any atom is -0.370 e. The van der Waals surface area contributed by atoms with Crippen LogP contribution in [0.2, 0.25) is 0 Å². The molecule has 1 N–H and O–H groups in total. The number of hydrogen-bond donors (Lipinski definition) is 1. The predicted molar refractivity (Wildman–Crippen MR) is 53.7 cm³/mol. The Labute approximate surface area is 79.1 Å². The van der Waals surface area contributed by atoms with Crippen LogP contribution in [0.5, 0.6) is 0 Å². The Hall–Kier alpha value is -0.990. The van der Waals surface area contributed by atoms with E-state index in [-0.39, 0.29) is 0 Å². The second-order valence-corrected chi connectivity index (χ2v) is 4.28. The summed E-state index contributed by atoms with van der Waals surface area (Å²) in [7, 11) is 0. The summed E-state index contributed by atoms with van der Waals surface area (Å²) >= 11 is 0. The Morgan fingerprint density at radius 1 is 1.69 bits per heavy atom. The van der Waals surface area contributed by atoms with E-state index >= 15 is 0 Å². The molecule has 1 aliphatic heterocycles. The normalized spacial score (nSPS) is 21.3. The zero-order chi connectivity index (χ0) is 9.26. The molecule has 0 amide bonds. The maximum absolute atomic E-state index is 4.27. The van der Waals surface area contributed by atoms with Crippen LogP contribution in [0.3, 0.4) is 0 Å². The van der Waals surface area contributed by atoms with Gasteiger partial charge in [0.1, 0.15) is 5.82 Å². The number of anilines is 1. The number of nitrogens with one attached hydrogen (secondary N) is 1. The van der Waals surface area contributed by atoms with Gasteiger partial charge < -0.3 is 5.32 Å². The van der Waals surface area contributed by atoms with Gasteiger partial charge in [0.2, 0.25) is 0 Å². The minimum atomic E-state index is 0.743. The van der Waals surface area contributed by atoms with Crippen molar-refractivity contribution in [1.29, 1.82) is 0 Å². The molecule has 2 heterocycles. The Balaban J connectivity index is 2.00. The number of aromatic nitrogens is 2. The Bertz CT molecular complexity index is 277. The predicted octanol–water partition coefficient (Wildman–Crippen LogP) is 1.97. The number of nitrogens with zero attached hydrogens (tertiary/aromatic N) is 2. The molecule has 1 atom stereocenters. The fourth-order valence-corrected chi connectivity index (χ4v) is 2.01. The van der Waals surface area contributed by atoms with Crippen LogP contribution < -0.4 is 5.32 Å². The highest BCUT2D eigenvalue weighted by atomic mass is 15.3. The average molecular weight is 179 g/mol. The lowest BCUT2D eigenvalue weighted by molar-refractivity contribution is 0.348. The molecule has 0 aromatic carbocycles. The van der Waals surface area contributed by atoms with E-state index in [0.29, 0.717) is 0 Å². The second-order valence-electron chi connectivity index (χ2n) is 4.28. The van der Waals surface area contributed by atoms with Crippen molar-refractivity contribution in [2.45, 2.75) is 26.8 Å². The minimum absolute atomic E-state index is 0.743. The Morgan fingerprint density at radius 3 is 3.31 bits per heavy atom.